The molecular formula is C25H20FNO2. The van der Waals surface area contributed by atoms with Crippen LogP contribution in [0.2, 0.25) is 0 Å². The zero-order valence-corrected chi connectivity index (χ0v) is 16.0. The molecule has 0 fully saturated rings. The van der Waals surface area contributed by atoms with Crippen LogP contribution >= 0.6 is 0 Å². The van der Waals surface area contributed by atoms with Crippen LogP contribution in [0.4, 0.5) is 10.1 Å². The van der Waals surface area contributed by atoms with Crippen molar-refractivity contribution in [3.05, 3.63) is 107 Å². The van der Waals surface area contributed by atoms with Crippen molar-refractivity contribution in [3.63, 3.8) is 0 Å². The average Bonchev–Trinajstić information content (AvgIpc) is 2.74. The highest BCUT2D eigenvalue weighted by atomic mass is 19.1. The average molecular weight is 385 g/mol. The molecule has 3 aromatic carbocycles. The van der Waals surface area contributed by atoms with Crippen molar-refractivity contribution >= 4 is 17.4 Å². The molecule has 0 aliphatic heterocycles. The Morgan fingerprint density at radius 1 is 0.966 bits per heavy atom. The Morgan fingerprint density at radius 2 is 1.66 bits per heavy atom. The maximum atomic E-state index is 13.1. The van der Waals surface area contributed by atoms with Gasteiger partial charge in [0.2, 0.25) is 0 Å². The Morgan fingerprint density at radius 3 is 2.38 bits per heavy atom. The highest BCUT2D eigenvalue weighted by molar-refractivity contribution is 5.94. The summed E-state index contributed by atoms with van der Waals surface area (Å²) in [5.41, 5.74) is 3.68. The fourth-order valence-corrected chi connectivity index (χ4v) is 2.63. The highest BCUT2D eigenvalue weighted by Gasteiger charge is 2.08. The zero-order chi connectivity index (χ0) is 20.5. The van der Waals surface area contributed by atoms with E-state index in [1.807, 2.05) is 54.6 Å². The minimum absolute atomic E-state index is 0.297. The predicted molar refractivity (Wildman–Crippen MR) is 113 cm³/mol. The van der Waals surface area contributed by atoms with Gasteiger partial charge in [-0.2, -0.15) is 0 Å². The zero-order valence-electron chi connectivity index (χ0n) is 16.0. The Bertz CT molecular complexity index is 1060. The van der Waals surface area contributed by atoms with E-state index in [0.717, 1.165) is 16.8 Å². The van der Waals surface area contributed by atoms with E-state index >= 15 is 0 Å². The SMILES string of the molecule is CCOC(=O)/C=C(/Nc1ccccc1C#Cc1ccc(F)cc1)c1ccccc1. The summed E-state index contributed by atoms with van der Waals surface area (Å²) < 4.78 is 18.1. The van der Waals surface area contributed by atoms with Crippen molar-refractivity contribution in [1.29, 1.82) is 0 Å². The van der Waals surface area contributed by atoms with Crippen LogP contribution in [0.5, 0.6) is 0 Å². The Hall–Kier alpha value is -3.84. The predicted octanol–water partition coefficient (Wildman–Crippen LogP) is 5.24. The molecule has 0 atom stereocenters. The molecule has 0 aliphatic rings. The van der Waals surface area contributed by atoms with E-state index in [1.54, 1.807) is 19.1 Å². The van der Waals surface area contributed by atoms with Crippen LogP contribution in [0.3, 0.4) is 0 Å². The van der Waals surface area contributed by atoms with Crippen LogP contribution in [-0.2, 0) is 9.53 Å². The third-order valence-corrected chi connectivity index (χ3v) is 4.02. The van der Waals surface area contributed by atoms with Gasteiger partial charge >= 0.3 is 5.97 Å². The van der Waals surface area contributed by atoms with E-state index in [-0.39, 0.29) is 5.82 Å². The van der Waals surface area contributed by atoms with Gasteiger partial charge in [0.25, 0.3) is 0 Å². The number of carbonyl (C=O) groups is 1. The number of benzene rings is 3. The van der Waals surface area contributed by atoms with Gasteiger partial charge in [-0.3, -0.25) is 0 Å². The second-order valence-corrected chi connectivity index (χ2v) is 6.10. The first-order valence-corrected chi connectivity index (χ1v) is 9.23. The molecular weight excluding hydrogens is 365 g/mol. The molecule has 29 heavy (non-hydrogen) atoms. The van der Waals surface area contributed by atoms with Gasteiger partial charge in [0, 0.05) is 17.2 Å². The van der Waals surface area contributed by atoms with Crippen LogP contribution in [-0.4, -0.2) is 12.6 Å². The molecule has 0 amide bonds. The number of ether oxygens (including phenoxy) is 1. The first-order valence-electron chi connectivity index (χ1n) is 9.23. The summed E-state index contributed by atoms with van der Waals surface area (Å²) in [4.78, 5) is 12.0. The number of anilines is 1. The molecule has 0 aromatic heterocycles. The molecule has 3 aromatic rings. The molecule has 3 nitrogen and oxygen atoms in total. The topological polar surface area (TPSA) is 38.3 Å². The number of halogens is 1. The van der Waals surface area contributed by atoms with Crippen molar-refractivity contribution in [2.75, 3.05) is 11.9 Å². The van der Waals surface area contributed by atoms with Gasteiger partial charge < -0.3 is 10.1 Å². The quantitative estimate of drug-likeness (QED) is 0.371. The third kappa shape index (κ3) is 5.82. The minimum Gasteiger partial charge on any atom is -0.463 e. The lowest BCUT2D eigenvalue weighted by Crippen LogP contribution is -2.06. The smallest absolute Gasteiger partial charge is 0.332 e. The van der Waals surface area contributed by atoms with Gasteiger partial charge in [-0.05, 0) is 48.9 Å². The largest absolute Gasteiger partial charge is 0.463 e. The lowest BCUT2D eigenvalue weighted by atomic mass is 10.1. The third-order valence-electron chi connectivity index (χ3n) is 4.02. The summed E-state index contributed by atoms with van der Waals surface area (Å²) in [6, 6.07) is 23.1. The maximum absolute atomic E-state index is 13.1. The monoisotopic (exact) mass is 385 g/mol. The van der Waals surface area contributed by atoms with Gasteiger partial charge in [0.05, 0.1) is 18.0 Å². The van der Waals surface area contributed by atoms with Crippen molar-refractivity contribution in [2.24, 2.45) is 0 Å². The summed E-state index contributed by atoms with van der Waals surface area (Å²) in [5, 5.41) is 3.30. The summed E-state index contributed by atoms with van der Waals surface area (Å²) in [6.45, 7) is 2.07. The van der Waals surface area contributed by atoms with Crippen LogP contribution in [0.25, 0.3) is 5.70 Å². The van der Waals surface area contributed by atoms with E-state index in [1.165, 1.54) is 18.2 Å². The molecule has 0 radical (unpaired) electrons. The molecule has 0 bridgehead atoms. The number of nitrogens with one attached hydrogen (secondary N) is 1. The maximum Gasteiger partial charge on any atom is 0.332 e. The van der Waals surface area contributed by atoms with E-state index < -0.39 is 5.97 Å². The molecule has 4 heteroatoms. The molecule has 0 unspecified atom stereocenters. The molecule has 0 aliphatic carbocycles. The summed E-state index contributed by atoms with van der Waals surface area (Å²) in [7, 11) is 0. The molecule has 3 rings (SSSR count). The van der Waals surface area contributed by atoms with Crippen LogP contribution in [0.1, 0.15) is 23.6 Å². The van der Waals surface area contributed by atoms with Crippen molar-refractivity contribution < 1.29 is 13.9 Å². The summed E-state index contributed by atoms with van der Waals surface area (Å²) >= 11 is 0. The Labute approximate surface area is 169 Å². The normalized spacial score (nSPS) is 10.6. The van der Waals surface area contributed by atoms with Gasteiger partial charge in [0.1, 0.15) is 5.82 Å². The fourth-order valence-electron chi connectivity index (χ4n) is 2.63. The minimum atomic E-state index is -0.422. The standard InChI is InChI=1S/C25H20FNO2/c1-2-29-25(28)18-24(20-8-4-3-5-9-20)27-23-11-7-6-10-21(23)15-12-19-13-16-22(26)17-14-19/h3-11,13-14,16-18,27H,2H2,1H3/b24-18+. The van der Waals surface area contributed by atoms with Crippen LogP contribution in [0.15, 0.2) is 84.9 Å². The van der Waals surface area contributed by atoms with Crippen molar-refractivity contribution in [3.8, 4) is 11.8 Å². The second-order valence-electron chi connectivity index (χ2n) is 6.10. The molecule has 0 heterocycles. The number of esters is 1. The van der Waals surface area contributed by atoms with Gasteiger partial charge in [-0.15, -0.1) is 0 Å². The summed E-state index contributed by atoms with van der Waals surface area (Å²) in [6.07, 6.45) is 1.43. The van der Waals surface area contributed by atoms with Gasteiger partial charge in [-0.25, -0.2) is 9.18 Å². The van der Waals surface area contributed by atoms with E-state index in [4.69, 9.17) is 4.74 Å². The number of hydrogen-bond acceptors (Lipinski definition) is 3. The fraction of sp³-hybridized carbons (Fsp3) is 0.0800. The molecule has 144 valence electrons. The van der Waals surface area contributed by atoms with E-state index in [9.17, 15) is 9.18 Å². The molecule has 1 N–H and O–H groups in total. The first-order chi connectivity index (χ1) is 14.2. The number of para-hydroxylation sites is 1. The van der Waals surface area contributed by atoms with Crippen molar-refractivity contribution in [1.82, 2.24) is 0 Å². The lowest BCUT2D eigenvalue weighted by Gasteiger charge is -2.13. The van der Waals surface area contributed by atoms with Crippen LogP contribution < -0.4 is 5.32 Å². The molecule has 0 saturated heterocycles. The summed E-state index contributed by atoms with van der Waals surface area (Å²) in [5.74, 6) is 5.42. The highest BCUT2D eigenvalue weighted by Crippen LogP contribution is 2.22. The molecule has 0 spiro atoms. The molecule has 0 saturated carbocycles. The second kappa shape index (κ2) is 9.91. The lowest BCUT2D eigenvalue weighted by molar-refractivity contribution is -0.137. The van der Waals surface area contributed by atoms with Crippen molar-refractivity contribution in [2.45, 2.75) is 6.92 Å². The van der Waals surface area contributed by atoms with E-state index in [2.05, 4.69) is 17.2 Å². The Kier molecular flexibility index (Phi) is 6.80. The van der Waals surface area contributed by atoms with Gasteiger partial charge in [-0.1, -0.05) is 54.3 Å². The Balaban J connectivity index is 1.93. The van der Waals surface area contributed by atoms with Gasteiger partial charge in [0.15, 0.2) is 0 Å². The first kappa shape index (κ1) is 19.9. The number of rotatable bonds is 5. The number of hydrogen-bond donors (Lipinski definition) is 1. The van der Waals surface area contributed by atoms with Crippen LogP contribution in [0, 0.1) is 17.7 Å². The van der Waals surface area contributed by atoms with E-state index in [0.29, 0.717) is 17.9 Å². The number of carbonyl (C=O) groups excluding carboxylic acids is 1.